The highest BCUT2D eigenvalue weighted by atomic mass is 32.2. The summed E-state index contributed by atoms with van der Waals surface area (Å²) in [4.78, 5) is 15.6. The number of anilines is 2. The van der Waals surface area contributed by atoms with Gasteiger partial charge in [-0.2, -0.15) is 0 Å². The van der Waals surface area contributed by atoms with Crippen LogP contribution in [0.1, 0.15) is 25.7 Å². The van der Waals surface area contributed by atoms with Crippen LogP contribution in [-0.4, -0.2) is 54.7 Å². The molecule has 1 aliphatic rings. The van der Waals surface area contributed by atoms with Gasteiger partial charge in [-0.25, -0.2) is 28.1 Å². The van der Waals surface area contributed by atoms with Crippen LogP contribution in [0.4, 0.5) is 11.5 Å². The molecule has 2 heterocycles. The fourth-order valence-electron chi connectivity index (χ4n) is 3.55. The Hall–Kier alpha value is -2.76. The summed E-state index contributed by atoms with van der Waals surface area (Å²) in [7, 11) is -0.517. The maximum absolute atomic E-state index is 12.3. The molecule has 0 unspecified atom stereocenters. The molecule has 2 aromatic heterocycles. The number of nitrogens with zero attached hydrogens (tertiary/aromatic N) is 3. The van der Waals surface area contributed by atoms with Gasteiger partial charge in [-0.05, 0) is 50.9 Å². The summed E-state index contributed by atoms with van der Waals surface area (Å²) in [5, 5.41) is 3.18. The van der Waals surface area contributed by atoms with Crippen LogP contribution < -0.4 is 14.8 Å². The Bertz CT molecular complexity index is 1130. The van der Waals surface area contributed by atoms with Gasteiger partial charge in [-0.3, -0.25) is 0 Å². The number of aromatic amines is 1. The Morgan fingerprint density at radius 3 is 2.60 bits per heavy atom. The molecule has 1 fully saturated rings. The van der Waals surface area contributed by atoms with Crippen molar-refractivity contribution in [2.75, 3.05) is 19.5 Å². The van der Waals surface area contributed by atoms with E-state index in [4.69, 9.17) is 9.47 Å². The van der Waals surface area contributed by atoms with Crippen LogP contribution in [0, 0.1) is 0 Å². The Kier molecular flexibility index (Phi) is 5.84. The summed E-state index contributed by atoms with van der Waals surface area (Å²) in [5.74, 6) is 1.03. The lowest BCUT2D eigenvalue weighted by atomic mass is 9.95. The molecule has 0 aliphatic heterocycles. The largest absolute Gasteiger partial charge is 0.488 e. The van der Waals surface area contributed by atoms with E-state index >= 15 is 0 Å². The average Bonchev–Trinajstić information content (AvgIpc) is 3.25. The molecule has 0 saturated heterocycles. The van der Waals surface area contributed by atoms with Gasteiger partial charge in [0.2, 0.25) is 10.0 Å². The molecule has 11 heteroatoms. The van der Waals surface area contributed by atoms with E-state index in [0.29, 0.717) is 28.4 Å². The average molecular weight is 433 g/mol. The van der Waals surface area contributed by atoms with Crippen LogP contribution in [0.25, 0.3) is 11.2 Å². The molecule has 0 radical (unpaired) electrons. The first-order valence-corrected chi connectivity index (χ1v) is 11.2. The summed E-state index contributed by atoms with van der Waals surface area (Å²) in [6, 6.07) is 4.73. The Labute approximate surface area is 174 Å². The van der Waals surface area contributed by atoms with E-state index in [2.05, 4.69) is 30.0 Å². The second kappa shape index (κ2) is 8.54. The molecule has 30 heavy (non-hydrogen) atoms. The number of ether oxygens (including phenoxy) is 2. The number of methoxy groups -OCH3 is 1. The molecule has 0 bridgehead atoms. The number of H-pyrrole nitrogens is 1. The van der Waals surface area contributed by atoms with Gasteiger partial charge in [0, 0.05) is 7.11 Å². The number of fused-ring (bicyclic) bond motifs is 1. The number of hydrogen-bond donors (Lipinski definition) is 3. The second-order valence-corrected chi connectivity index (χ2v) is 8.95. The molecule has 0 atom stereocenters. The smallest absolute Gasteiger partial charge is 0.240 e. The summed E-state index contributed by atoms with van der Waals surface area (Å²) in [6.07, 6.45) is 6.80. The van der Waals surface area contributed by atoms with Gasteiger partial charge in [0.05, 0.1) is 29.1 Å². The molecule has 3 aromatic rings. The summed E-state index contributed by atoms with van der Waals surface area (Å²) >= 11 is 0. The van der Waals surface area contributed by atoms with E-state index in [1.807, 2.05) is 0 Å². The SMILES string of the molecule is CNS(=O)(=O)c1ccc(OC2CCC(OC)CC2)c(Nc2ncnc3nc[nH]c23)c1. The Morgan fingerprint density at radius 2 is 1.87 bits per heavy atom. The minimum Gasteiger partial charge on any atom is -0.488 e. The topological polar surface area (TPSA) is 131 Å². The van der Waals surface area contributed by atoms with Crippen molar-refractivity contribution in [1.29, 1.82) is 0 Å². The predicted molar refractivity (Wildman–Crippen MR) is 111 cm³/mol. The predicted octanol–water partition coefficient (Wildman–Crippen LogP) is 2.34. The molecule has 1 saturated carbocycles. The summed E-state index contributed by atoms with van der Waals surface area (Å²) in [5.41, 5.74) is 1.62. The maximum Gasteiger partial charge on any atom is 0.240 e. The van der Waals surface area contributed by atoms with E-state index in [1.54, 1.807) is 13.2 Å². The Balaban J connectivity index is 1.66. The maximum atomic E-state index is 12.3. The van der Waals surface area contributed by atoms with Gasteiger partial charge in [0.25, 0.3) is 0 Å². The van der Waals surface area contributed by atoms with Crippen LogP contribution >= 0.6 is 0 Å². The second-order valence-electron chi connectivity index (χ2n) is 7.07. The molecule has 0 spiro atoms. The van der Waals surface area contributed by atoms with E-state index in [9.17, 15) is 8.42 Å². The third-order valence-electron chi connectivity index (χ3n) is 5.25. The van der Waals surface area contributed by atoms with Gasteiger partial charge in [0.15, 0.2) is 11.5 Å². The van der Waals surface area contributed by atoms with Crippen molar-refractivity contribution >= 4 is 32.7 Å². The lowest BCUT2D eigenvalue weighted by Crippen LogP contribution is -2.28. The molecular formula is C19H24N6O4S. The van der Waals surface area contributed by atoms with Crippen molar-refractivity contribution in [1.82, 2.24) is 24.7 Å². The van der Waals surface area contributed by atoms with Crippen molar-refractivity contribution in [2.24, 2.45) is 0 Å². The minimum absolute atomic E-state index is 0.0290. The number of sulfonamides is 1. The van der Waals surface area contributed by atoms with Crippen LogP contribution in [0.5, 0.6) is 5.75 Å². The molecule has 160 valence electrons. The number of benzene rings is 1. The first-order chi connectivity index (χ1) is 14.5. The van der Waals surface area contributed by atoms with Crippen molar-refractivity contribution in [2.45, 2.75) is 42.8 Å². The number of imidazole rings is 1. The zero-order chi connectivity index (χ0) is 21.1. The quantitative estimate of drug-likeness (QED) is 0.518. The van der Waals surface area contributed by atoms with Crippen LogP contribution in [0.3, 0.4) is 0 Å². The van der Waals surface area contributed by atoms with Gasteiger partial charge in [-0.1, -0.05) is 0 Å². The van der Waals surface area contributed by atoms with E-state index in [1.165, 1.54) is 31.8 Å². The molecule has 1 aliphatic carbocycles. The third kappa shape index (κ3) is 4.23. The monoisotopic (exact) mass is 432 g/mol. The van der Waals surface area contributed by atoms with Gasteiger partial charge >= 0.3 is 0 Å². The van der Waals surface area contributed by atoms with E-state index in [0.717, 1.165) is 25.7 Å². The molecule has 10 nitrogen and oxygen atoms in total. The molecule has 3 N–H and O–H groups in total. The molecular weight excluding hydrogens is 408 g/mol. The fourth-order valence-corrected chi connectivity index (χ4v) is 4.30. The minimum atomic E-state index is -3.62. The Morgan fingerprint density at radius 1 is 1.10 bits per heavy atom. The third-order valence-corrected chi connectivity index (χ3v) is 6.67. The first-order valence-electron chi connectivity index (χ1n) is 9.68. The van der Waals surface area contributed by atoms with Crippen molar-refractivity contribution in [3.8, 4) is 5.75 Å². The summed E-state index contributed by atoms with van der Waals surface area (Å²) < 4.78 is 38.6. The standard InChI is InChI=1S/C19H24N6O4S/c1-20-30(26,27)14-7-8-16(29-13-5-3-12(28-2)4-6-13)15(9-14)25-19-17-18(22-10-21-17)23-11-24-19/h7-13,20H,3-6H2,1-2H3,(H2,21,22,23,24,25). The van der Waals surface area contributed by atoms with E-state index < -0.39 is 10.0 Å². The lowest BCUT2D eigenvalue weighted by molar-refractivity contribution is 0.0329. The highest BCUT2D eigenvalue weighted by Gasteiger charge is 2.24. The number of hydrogen-bond acceptors (Lipinski definition) is 8. The van der Waals surface area contributed by atoms with Gasteiger partial charge in [-0.15, -0.1) is 0 Å². The fraction of sp³-hybridized carbons (Fsp3) is 0.421. The lowest BCUT2D eigenvalue weighted by Gasteiger charge is -2.29. The van der Waals surface area contributed by atoms with Crippen molar-refractivity contribution in [3.63, 3.8) is 0 Å². The van der Waals surface area contributed by atoms with Crippen LogP contribution in [0.15, 0.2) is 35.7 Å². The molecule has 4 rings (SSSR count). The summed E-state index contributed by atoms with van der Waals surface area (Å²) in [6.45, 7) is 0. The first kappa shape index (κ1) is 20.5. The van der Waals surface area contributed by atoms with Crippen molar-refractivity contribution in [3.05, 3.63) is 30.9 Å². The highest BCUT2D eigenvalue weighted by molar-refractivity contribution is 7.89. The number of nitrogens with one attached hydrogen (secondary N) is 3. The molecule has 1 aromatic carbocycles. The van der Waals surface area contributed by atoms with Crippen molar-refractivity contribution < 1.29 is 17.9 Å². The van der Waals surface area contributed by atoms with Gasteiger partial charge in [0.1, 0.15) is 17.6 Å². The van der Waals surface area contributed by atoms with Crippen LogP contribution in [0.2, 0.25) is 0 Å². The highest BCUT2D eigenvalue weighted by Crippen LogP contribution is 2.34. The number of rotatable bonds is 7. The van der Waals surface area contributed by atoms with E-state index in [-0.39, 0.29) is 17.1 Å². The zero-order valence-electron chi connectivity index (χ0n) is 16.8. The van der Waals surface area contributed by atoms with Crippen LogP contribution in [-0.2, 0) is 14.8 Å². The number of aromatic nitrogens is 4. The zero-order valence-corrected chi connectivity index (χ0v) is 17.6. The molecule has 0 amide bonds. The van der Waals surface area contributed by atoms with Gasteiger partial charge < -0.3 is 19.8 Å². The normalized spacial score (nSPS) is 19.7.